The van der Waals surface area contributed by atoms with Crippen LogP contribution in [0.4, 0.5) is 0 Å². The SMILES string of the molecule is C[C@H](C(=O)NCc1nccs1)N1CCc2ccccc2C1. The van der Waals surface area contributed by atoms with Crippen LogP contribution in [0.15, 0.2) is 35.8 Å². The molecule has 0 bridgehead atoms. The second kappa shape index (κ2) is 6.37. The summed E-state index contributed by atoms with van der Waals surface area (Å²) >= 11 is 1.56. The fourth-order valence-electron chi connectivity index (χ4n) is 2.66. The molecule has 0 spiro atoms. The van der Waals surface area contributed by atoms with E-state index in [-0.39, 0.29) is 11.9 Å². The highest BCUT2D eigenvalue weighted by atomic mass is 32.1. The smallest absolute Gasteiger partial charge is 0.237 e. The minimum absolute atomic E-state index is 0.0737. The maximum absolute atomic E-state index is 12.3. The first-order valence-electron chi connectivity index (χ1n) is 7.21. The number of benzene rings is 1. The van der Waals surface area contributed by atoms with Gasteiger partial charge in [0.05, 0.1) is 12.6 Å². The van der Waals surface area contributed by atoms with Gasteiger partial charge in [-0.25, -0.2) is 4.98 Å². The molecule has 1 aromatic heterocycles. The van der Waals surface area contributed by atoms with Crippen LogP contribution in [0.1, 0.15) is 23.1 Å². The number of nitrogens with one attached hydrogen (secondary N) is 1. The van der Waals surface area contributed by atoms with Gasteiger partial charge in [-0.05, 0) is 24.5 Å². The van der Waals surface area contributed by atoms with Crippen molar-refractivity contribution in [2.45, 2.75) is 32.5 Å². The molecule has 0 radical (unpaired) electrons. The predicted octanol–water partition coefficient (Wildman–Crippen LogP) is 2.21. The van der Waals surface area contributed by atoms with E-state index in [0.29, 0.717) is 6.54 Å². The van der Waals surface area contributed by atoms with Crippen LogP contribution in [0.5, 0.6) is 0 Å². The largest absolute Gasteiger partial charge is 0.348 e. The van der Waals surface area contributed by atoms with Gasteiger partial charge in [0, 0.05) is 24.7 Å². The number of rotatable bonds is 4. The van der Waals surface area contributed by atoms with E-state index in [1.54, 1.807) is 17.5 Å². The summed E-state index contributed by atoms with van der Waals surface area (Å²) in [5.41, 5.74) is 2.74. The first-order valence-corrected chi connectivity index (χ1v) is 8.09. The van der Waals surface area contributed by atoms with Gasteiger partial charge in [-0.1, -0.05) is 24.3 Å². The average molecular weight is 301 g/mol. The third-order valence-corrected chi connectivity index (χ3v) is 4.76. The van der Waals surface area contributed by atoms with Crippen LogP contribution in [0.3, 0.4) is 0 Å². The highest BCUT2D eigenvalue weighted by molar-refractivity contribution is 7.09. The lowest BCUT2D eigenvalue weighted by Gasteiger charge is -2.32. The molecule has 2 aromatic rings. The summed E-state index contributed by atoms with van der Waals surface area (Å²) in [4.78, 5) is 18.7. The number of aromatic nitrogens is 1. The standard InChI is InChI=1S/C16H19N3OS/c1-12(16(20)18-10-15-17-7-9-21-15)19-8-6-13-4-2-3-5-14(13)11-19/h2-5,7,9,12H,6,8,10-11H2,1H3,(H,18,20)/t12-/m1/s1. The maximum atomic E-state index is 12.3. The normalized spacial score (nSPS) is 16.2. The Balaban J connectivity index is 1.58. The molecule has 1 N–H and O–H groups in total. The molecule has 1 aromatic carbocycles. The van der Waals surface area contributed by atoms with Crippen LogP contribution < -0.4 is 5.32 Å². The minimum Gasteiger partial charge on any atom is -0.348 e. The van der Waals surface area contributed by atoms with Crippen LogP contribution in [0.2, 0.25) is 0 Å². The van der Waals surface area contributed by atoms with Gasteiger partial charge in [0.1, 0.15) is 5.01 Å². The molecule has 1 aliphatic rings. The van der Waals surface area contributed by atoms with Crippen molar-refractivity contribution in [2.75, 3.05) is 6.54 Å². The third-order valence-electron chi connectivity index (χ3n) is 3.98. The molecule has 0 saturated carbocycles. The quantitative estimate of drug-likeness (QED) is 0.941. The zero-order chi connectivity index (χ0) is 14.7. The molecule has 5 heteroatoms. The molecule has 0 saturated heterocycles. The molecule has 0 fully saturated rings. The molecule has 0 aliphatic carbocycles. The van der Waals surface area contributed by atoms with E-state index in [1.807, 2.05) is 12.3 Å². The molecule has 1 atom stereocenters. The second-order valence-corrected chi connectivity index (χ2v) is 6.29. The summed E-state index contributed by atoms with van der Waals surface area (Å²) in [5, 5.41) is 5.84. The molecule has 21 heavy (non-hydrogen) atoms. The van der Waals surface area contributed by atoms with E-state index >= 15 is 0 Å². The van der Waals surface area contributed by atoms with Crippen molar-refractivity contribution in [1.29, 1.82) is 0 Å². The van der Waals surface area contributed by atoms with Crippen molar-refractivity contribution >= 4 is 17.2 Å². The maximum Gasteiger partial charge on any atom is 0.237 e. The second-order valence-electron chi connectivity index (χ2n) is 5.31. The van der Waals surface area contributed by atoms with E-state index in [9.17, 15) is 4.79 Å². The van der Waals surface area contributed by atoms with Gasteiger partial charge in [0.15, 0.2) is 0 Å². The summed E-state index contributed by atoms with van der Waals surface area (Å²) in [7, 11) is 0. The van der Waals surface area contributed by atoms with Gasteiger partial charge < -0.3 is 5.32 Å². The van der Waals surface area contributed by atoms with Gasteiger partial charge >= 0.3 is 0 Å². The Kier molecular flexibility index (Phi) is 4.31. The van der Waals surface area contributed by atoms with Gasteiger partial charge in [-0.3, -0.25) is 9.69 Å². The lowest BCUT2D eigenvalue weighted by Crippen LogP contribution is -2.46. The van der Waals surface area contributed by atoms with E-state index < -0.39 is 0 Å². The van der Waals surface area contributed by atoms with Crippen molar-refractivity contribution in [3.8, 4) is 0 Å². The highest BCUT2D eigenvalue weighted by Gasteiger charge is 2.24. The number of amides is 1. The highest BCUT2D eigenvalue weighted by Crippen LogP contribution is 2.20. The first kappa shape index (κ1) is 14.2. The summed E-state index contributed by atoms with van der Waals surface area (Å²) in [6, 6.07) is 8.37. The van der Waals surface area contributed by atoms with Crippen molar-refractivity contribution in [1.82, 2.24) is 15.2 Å². The fraction of sp³-hybridized carbons (Fsp3) is 0.375. The summed E-state index contributed by atoms with van der Waals surface area (Å²) in [6.45, 7) is 4.28. The number of thiazole rings is 1. The number of fused-ring (bicyclic) bond motifs is 1. The van der Waals surface area contributed by atoms with Gasteiger partial charge in [0.2, 0.25) is 5.91 Å². The first-order chi connectivity index (χ1) is 10.2. The number of carbonyl (C=O) groups is 1. The Morgan fingerprint density at radius 3 is 3.00 bits per heavy atom. The molecule has 0 unspecified atom stereocenters. The Labute approximate surface area is 128 Å². The van der Waals surface area contributed by atoms with Crippen LogP contribution >= 0.6 is 11.3 Å². The molecular formula is C16H19N3OS. The minimum atomic E-state index is -0.113. The van der Waals surface area contributed by atoms with E-state index in [1.165, 1.54) is 11.1 Å². The van der Waals surface area contributed by atoms with E-state index in [2.05, 4.69) is 39.5 Å². The predicted molar refractivity (Wildman–Crippen MR) is 84.0 cm³/mol. The van der Waals surface area contributed by atoms with Crippen molar-refractivity contribution < 1.29 is 4.79 Å². The Hall–Kier alpha value is -1.72. The van der Waals surface area contributed by atoms with Crippen LogP contribution in [0, 0.1) is 0 Å². The van der Waals surface area contributed by atoms with Gasteiger partial charge in [0.25, 0.3) is 0 Å². The Morgan fingerprint density at radius 1 is 1.43 bits per heavy atom. The topological polar surface area (TPSA) is 45.2 Å². The molecule has 1 amide bonds. The monoisotopic (exact) mass is 301 g/mol. The van der Waals surface area contributed by atoms with Crippen molar-refractivity contribution in [2.24, 2.45) is 0 Å². The third kappa shape index (κ3) is 3.31. The number of hydrogen-bond acceptors (Lipinski definition) is 4. The lowest BCUT2D eigenvalue weighted by atomic mass is 9.99. The molecule has 4 nitrogen and oxygen atoms in total. The summed E-state index contributed by atoms with van der Waals surface area (Å²) in [5.74, 6) is 0.0737. The fourth-order valence-corrected chi connectivity index (χ4v) is 3.22. The van der Waals surface area contributed by atoms with Gasteiger partial charge in [-0.15, -0.1) is 11.3 Å². The summed E-state index contributed by atoms with van der Waals surface area (Å²) < 4.78 is 0. The Morgan fingerprint density at radius 2 is 2.24 bits per heavy atom. The zero-order valence-electron chi connectivity index (χ0n) is 12.1. The van der Waals surface area contributed by atoms with Crippen molar-refractivity contribution in [3.05, 3.63) is 52.0 Å². The van der Waals surface area contributed by atoms with E-state index in [0.717, 1.165) is 24.5 Å². The van der Waals surface area contributed by atoms with Gasteiger partial charge in [-0.2, -0.15) is 0 Å². The average Bonchev–Trinajstić information content (AvgIpc) is 3.05. The molecule has 110 valence electrons. The molecule has 2 heterocycles. The molecule has 3 rings (SSSR count). The number of carbonyl (C=O) groups excluding carboxylic acids is 1. The Bertz CT molecular complexity index is 612. The van der Waals surface area contributed by atoms with Crippen LogP contribution in [-0.2, 0) is 24.3 Å². The van der Waals surface area contributed by atoms with Crippen molar-refractivity contribution in [3.63, 3.8) is 0 Å². The van der Waals surface area contributed by atoms with Crippen LogP contribution in [-0.4, -0.2) is 28.4 Å². The number of hydrogen-bond donors (Lipinski definition) is 1. The zero-order valence-corrected chi connectivity index (χ0v) is 12.9. The molecular weight excluding hydrogens is 282 g/mol. The van der Waals surface area contributed by atoms with Crippen LogP contribution in [0.25, 0.3) is 0 Å². The lowest BCUT2D eigenvalue weighted by molar-refractivity contribution is -0.126. The number of nitrogens with zero attached hydrogens (tertiary/aromatic N) is 2. The summed E-state index contributed by atoms with van der Waals surface area (Å²) in [6.07, 6.45) is 2.78. The van der Waals surface area contributed by atoms with E-state index in [4.69, 9.17) is 0 Å². The molecule has 1 aliphatic heterocycles.